The van der Waals surface area contributed by atoms with Crippen molar-refractivity contribution in [2.24, 2.45) is 0 Å². The molecule has 4 heterocycles. The van der Waals surface area contributed by atoms with E-state index in [0.29, 0.717) is 11.7 Å². The van der Waals surface area contributed by atoms with Gasteiger partial charge in [0.05, 0.1) is 22.6 Å². The molecule has 0 amide bonds. The molecule has 1 fully saturated rings. The molecule has 7 heteroatoms. The van der Waals surface area contributed by atoms with Crippen LogP contribution in [0.15, 0.2) is 60.9 Å². The van der Waals surface area contributed by atoms with Crippen LogP contribution in [0.1, 0.15) is 34.5 Å². The van der Waals surface area contributed by atoms with Crippen molar-refractivity contribution < 1.29 is 9.47 Å². The first-order valence-corrected chi connectivity index (χ1v) is 11.1. The third kappa shape index (κ3) is 3.00. The fraction of sp³-hybridized carbons (Fsp3) is 0.192. The number of hydrogen-bond donors (Lipinski definition) is 2. The summed E-state index contributed by atoms with van der Waals surface area (Å²) in [6.07, 6.45) is 3.72. The fourth-order valence-electron chi connectivity index (χ4n) is 4.82. The zero-order chi connectivity index (χ0) is 22.1. The van der Waals surface area contributed by atoms with Crippen molar-refractivity contribution in [1.82, 2.24) is 24.9 Å². The Morgan fingerprint density at radius 2 is 1.85 bits per heavy atom. The van der Waals surface area contributed by atoms with Gasteiger partial charge in [0.25, 0.3) is 0 Å². The number of nitrogens with one attached hydrogen (secondary N) is 2. The van der Waals surface area contributed by atoms with Crippen LogP contribution in [0.25, 0.3) is 22.6 Å². The predicted octanol–water partition coefficient (Wildman–Crippen LogP) is 5.40. The topological polar surface area (TPSA) is 88.7 Å². The fourth-order valence-corrected chi connectivity index (χ4v) is 4.82. The van der Waals surface area contributed by atoms with E-state index in [1.165, 1.54) is 11.1 Å². The molecule has 3 unspecified atom stereocenters. The van der Waals surface area contributed by atoms with Crippen molar-refractivity contribution in [1.29, 1.82) is 0 Å². The molecule has 1 saturated carbocycles. The average Bonchev–Trinajstić information content (AvgIpc) is 3.15. The van der Waals surface area contributed by atoms with Gasteiger partial charge in [-0.2, -0.15) is 0 Å². The van der Waals surface area contributed by atoms with Gasteiger partial charge in [-0.1, -0.05) is 6.07 Å². The number of aryl methyl sites for hydroxylation is 2. The molecule has 2 aromatic carbocycles. The van der Waals surface area contributed by atoms with Crippen LogP contribution in [0.4, 0.5) is 0 Å². The number of aromatic nitrogens is 5. The van der Waals surface area contributed by atoms with Gasteiger partial charge in [-0.25, -0.2) is 9.97 Å². The minimum atomic E-state index is 0.131. The third-order valence-corrected chi connectivity index (χ3v) is 6.44. The van der Waals surface area contributed by atoms with Gasteiger partial charge in [-0.3, -0.25) is 4.98 Å². The lowest BCUT2D eigenvalue weighted by Gasteiger charge is -2.11. The zero-order valence-electron chi connectivity index (χ0n) is 18.2. The first-order chi connectivity index (χ1) is 16.1. The SMILES string of the molecule is Cc1ccc2nc(C3C4Oc5ccc(Oc6ccnc(-c7nc(C)c[nH]7)c6)cc5C43)[nH]c2c1. The maximum atomic E-state index is 6.21. The molecule has 0 bridgehead atoms. The van der Waals surface area contributed by atoms with E-state index in [9.17, 15) is 0 Å². The van der Waals surface area contributed by atoms with Gasteiger partial charge in [0.15, 0.2) is 5.82 Å². The smallest absolute Gasteiger partial charge is 0.156 e. The van der Waals surface area contributed by atoms with E-state index < -0.39 is 0 Å². The summed E-state index contributed by atoms with van der Waals surface area (Å²) in [7, 11) is 0. The molecule has 2 N–H and O–H groups in total. The number of aromatic amines is 2. The molecule has 0 saturated heterocycles. The summed E-state index contributed by atoms with van der Waals surface area (Å²) in [5.41, 5.74) is 6.14. The molecule has 7 nitrogen and oxygen atoms in total. The molecule has 1 aliphatic carbocycles. The van der Waals surface area contributed by atoms with Crippen LogP contribution in [-0.2, 0) is 0 Å². The van der Waals surface area contributed by atoms with Crippen LogP contribution >= 0.6 is 0 Å². The molecule has 5 aromatic rings. The monoisotopic (exact) mass is 435 g/mol. The van der Waals surface area contributed by atoms with Crippen molar-refractivity contribution in [3.05, 3.63) is 83.6 Å². The molecule has 3 aromatic heterocycles. The Bertz CT molecular complexity index is 1540. The average molecular weight is 435 g/mol. The maximum absolute atomic E-state index is 6.21. The Labute approximate surface area is 189 Å². The number of H-pyrrole nitrogens is 2. The zero-order valence-corrected chi connectivity index (χ0v) is 18.2. The Kier molecular flexibility index (Phi) is 3.74. The van der Waals surface area contributed by atoms with E-state index in [-0.39, 0.29) is 12.0 Å². The molecular weight excluding hydrogens is 414 g/mol. The highest BCUT2D eigenvalue weighted by atomic mass is 16.5. The number of rotatable bonds is 4. The third-order valence-electron chi connectivity index (χ3n) is 6.44. The number of nitrogens with zero attached hydrogens (tertiary/aromatic N) is 3. The molecule has 2 aliphatic rings. The maximum Gasteiger partial charge on any atom is 0.156 e. The van der Waals surface area contributed by atoms with Crippen molar-refractivity contribution in [2.45, 2.75) is 31.8 Å². The summed E-state index contributed by atoms with van der Waals surface area (Å²) in [4.78, 5) is 20.3. The first-order valence-electron chi connectivity index (χ1n) is 11.1. The lowest BCUT2D eigenvalue weighted by atomic mass is 10.1. The lowest BCUT2D eigenvalue weighted by molar-refractivity contribution is 0.308. The Morgan fingerprint density at radius 3 is 2.73 bits per heavy atom. The van der Waals surface area contributed by atoms with E-state index in [4.69, 9.17) is 14.5 Å². The second kappa shape index (κ2) is 6.68. The minimum Gasteiger partial charge on any atom is -0.489 e. The van der Waals surface area contributed by atoms with Crippen LogP contribution in [0.3, 0.4) is 0 Å². The normalized spacial score (nSPS) is 20.4. The van der Waals surface area contributed by atoms with Gasteiger partial charge in [0.1, 0.15) is 34.9 Å². The number of imidazole rings is 2. The van der Waals surface area contributed by atoms with Crippen molar-refractivity contribution in [3.63, 3.8) is 0 Å². The Morgan fingerprint density at radius 1 is 0.939 bits per heavy atom. The van der Waals surface area contributed by atoms with Crippen LogP contribution in [0.5, 0.6) is 17.2 Å². The van der Waals surface area contributed by atoms with E-state index in [1.807, 2.05) is 37.4 Å². The van der Waals surface area contributed by atoms with Gasteiger partial charge in [-0.05, 0) is 55.8 Å². The van der Waals surface area contributed by atoms with Gasteiger partial charge in [0.2, 0.25) is 0 Å². The van der Waals surface area contributed by atoms with Gasteiger partial charge >= 0.3 is 0 Å². The van der Waals surface area contributed by atoms with E-state index in [1.54, 1.807) is 6.20 Å². The number of benzene rings is 2. The Balaban J connectivity index is 1.15. The van der Waals surface area contributed by atoms with E-state index in [0.717, 1.165) is 45.6 Å². The van der Waals surface area contributed by atoms with Crippen LogP contribution in [0.2, 0.25) is 0 Å². The summed E-state index contributed by atoms with van der Waals surface area (Å²) in [6, 6.07) is 16.1. The summed E-state index contributed by atoms with van der Waals surface area (Å²) in [6.45, 7) is 4.03. The molecule has 1 aliphatic heterocycles. The number of ether oxygens (including phenoxy) is 2. The molecule has 0 radical (unpaired) electrons. The molecule has 7 rings (SSSR count). The van der Waals surface area contributed by atoms with Crippen LogP contribution in [-0.4, -0.2) is 31.0 Å². The van der Waals surface area contributed by atoms with E-state index >= 15 is 0 Å². The molecule has 0 spiro atoms. The van der Waals surface area contributed by atoms with Gasteiger partial charge in [0, 0.05) is 29.9 Å². The molecule has 162 valence electrons. The lowest BCUT2D eigenvalue weighted by Crippen LogP contribution is -2.00. The largest absolute Gasteiger partial charge is 0.489 e. The van der Waals surface area contributed by atoms with Crippen LogP contribution in [0, 0.1) is 13.8 Å². The highest BCUT2D eigenvalue weighted by molar-refractivity contribution is 5.76. The molecule has 33 heavy (non-hydrogen) atoms. The molecular formula is C26H21N5O2. The summed E-state index contributed by atoms with van der Waals surface area (Å²) < 4.78 is 12.4. The summed E-state index contributed by atoms with van der Waals surface area (Å²) >= 11 is 0. The second-order valence-corrected chi connectivity index (χ2v) is 8.85. The standard InChI is InChI=1S/C26H21N5O2/c1-13-3-5-18-19(9-13)31-26(30-18)23-22-17-10-15(4-6-21(17)33-24(22)23)32-16-7-8-27-20(11-16)25-28-12-14(2)29-25/h3-12,22-24H,1-2H3,(H,28,29)(H,30,31). The predicted molar refractivity (Wildman–Crippen MR) is 124 cm³/mol. The van der Waals surface area contributed by atoms with Gasteiger partial charge < -0.3 is 19.4 Å². The summed E-state index contributed by atoms with van der Waals surface area (Å²) in [5.74, 6) is 4.68. The first kappa shape index (κ1) is 18.4. The number of fused-ring (bicyclic) bond motifs is 4. The highest BCUT2D eigenvalue weighted by Gasteiger charge is 2.61. The highest BCUT2D eigenvalue weighted by Crippen LogP contribution is 2.63. The van der Waals surface area contributed by atoms with Crippen molar-refractivity contribution >= 4 is 11.0 Å². The summed E-state index contributed by atoms with van der Waals surface area (Å²) in [5, 5.41) is 0. The molecule has 3 atom stereocenters. The van der Waals surface area contributed by atoms with Crippen LogP contribution < -0.4 is 9.47 Å². The number of pyridine rings is 1. The Hall–Kier alpha value is -4.13. The second-order valence-electron chi connectivity index (χ2n) is 8.85. The van der Waals surface area contributed by atoms with Crippen molar-refractivity contribution in [2.75, 3.05) is 0 Å². The quantitative estimate of drug-likeness (QED) is 0.395. The minimum absolute atomic E-state index is 0.131. The van der Waals surface area contributed by atoms with Crippen molar-refractivity contribution in [3.8, 4) is 28.8 Å². The van der Waals surface area contributed by atoms with E-state index in [2.05, 4.69) is 51.1 Å². The number of hydrogen-bond acceptors (Lipinski definition) is 5. The van der Waals surface area contributed by atoms with Gasteiger partial charge in [-0.15, -0.1) is 0 Å².